The summed E-state index contributed by atoms with van der Waals surface area (Å²) in [7, 11) is 1.60. The third kappa shape index (κ3) is 3.45. The number of hydrogen-bond donors (Lipinski definition) is 1. The van der Waals surface area contributed by atoms with Crippen LogP contribution in [0.3, 0.4) is 0 Å². The Balaban J connectivity index is 1.89. The molecular weight excluding hydrogens is 272 g/mol. The second-order valence-corrected chi connectivity index (χ2v) is 4.96. The van der Waals surface area contributed by atoms with E-state index in [1.165, 1.54) is 0 Å². The van der Waals surface area contributed by atoms with Gasteiger partial charge < -0.3 is 19.7 Å². The molecule has 0 saturated carbocycles. The van der Waals surface area contributed by atoms with E-state index in [1.54, 1.807) is 50.1 Å². The Morgan fingerprint density at radius 3 is 2.38 bits per heavy atom. The molecular formula is C15H20N2O4. The highest BCUT2D eigenvalue weighted by Gasteiger charge is 2.35. The van der Waals surface area contributed by atoms with Crippen molar-refractivity contribution in [2.75, 3.05) is 20.3 Å². The van der Waals surface area contributed by atoms with Crippen LogP contribution in [0.1, 0.15) is 13.8 Å². The number of rotatable bonds is 5. The molecule has 1 aliphatic rings. The fourth-order valence-electron chi connectivity index (χ4n) is 2.21. The van der Waals surface area contributed by atoms with Crippen LogP contribution in [0.25, 0.3) is 0 Å². The number of ether oxygens (including phenoxy) is 2. The van der Waals surface area contributed by atoms with E-state index in [0.717, 1.165) is 5.75 Å². The van der Waals surface area contributed by atoms with Crippen molar-refractivity contribution in [1.29, 1.82) is 0 Å². The molecule has 114 valence electrons. The summed E-state index contributed by atoms with van der Waals surface area (Å²) in [4.78, 5) is 25.3. The zero-order chi connectivity index (χ0) is 15.4. The highest BCUT2D eigenvalue weighted by molar-refractivity contribution is 5.96. The lowest BCUT2D eigenvalue weighted by Gasteiger charge is -2.35. The molecule has 0 spiro atoms. The van der Waals surface area contributed by atoms with Gasteiger partial charge in [-0.3, -0.25) is 9.59 Å². The number of carbonyl (C=O) groups excluding carboxylic acids is 2. The van der Waals surface area contributed by atoms with E-state index in [9.17, 15) is 9.59 Å². The number of carbonyl (C=O) groups is 2. The molecule has 1 aliphatic heterocycles. The van der Waals surface area contributed by atoms with Crippen LogP contribution in [0, 0.1) is 0 Å². The standard InChI is InChI=1S/C15H20N2O4/c1-10-15(19)17(11(2)14(18)16-10)8-9-21-13-6-4-12(20-3)5-7-13/h4-7,10-11H,8-9H2,1-3H3,(H,16,18). The molecule has 21 heavy (non-hydrogen) atoms. The average Bonchev–Trinajstić information content (AvgIpc) is 2.49. The van der Waals surface area contributed by atoms with Crippen molar-refractivity contribution in [3.8, 4) is 11.5 Å². The third-order valence-electron chi connectivity index (χ3n) is 3.52. The molecule has 1 aromatic rings. The van der Waals surface area contributed by atoms with Gasteiger partial charge >= 0.3 is 0 Å². The van der Waals surface area contributed by atoms with Crippen LogP contribution in [-0.2, 0) is 9.59 Å². The molecule has 6 heteroatoms. The van der Waals surface area contributed by atoms with E-state index in [0.29, 0.717) is 18.9 Å². The van der Waals surface area contributed by atoms with Crippen LogP contribution in [0.2, 0.25) is 0 Å². The summed E-state index contributed by atoms with van der Waals surface area (Å²) < 4.78 is 10.7. The van der Waals surface area contributed by atoms with Crippen LogP contribution in [0.5, 0.6) is 11.5 Å². The molecule has 1 heterocycles. The smallest absolute Gasteiger partial charge is 0.245 e. The van der Waals surface area contributed by atoms with E-state index < -0.39 is 12.1 Å². The molecule has 1 fully saturated rings. The Bertz CT molecular complexity index is 515. The first-order valence-corrected chi connectivity index (χ1v) is 6.90. The largest absolute Gasteiger partial charge is 0.497 e. The Morgan fingerprint density at radius 2 is 1.76 bits per heavy atom. The minimum Gasteiger partial charge on any atom is -0.497 e. The van der Waals surface area contributed by atoms with Gasteiger partial charge in [0.05, 0.1) is 13.7 Å². The molecule has 2 unspecified atom stereocenters. The maximum Gasteiger partial charge on any atom is 0.245 e. The number of piperazine rings is 1. The summed E-state index contributed by atoms with van der Waals surface area (Å²) in [5.41, 5.74) is 0. The maximum atomic E-state index is 12.0. The van der Waals surface area contributed by atoms with Gasteiger partial charge in [-0.15, -0.1) is 0 Å². The molecule has 0 aliphatic carbocycles. The summed E-state index contributed by atoms with van der Waals surface area (Å²) in [5, 5.41) is 2.64. The quantitative estimate of drug-likeness (QED) is 0.872. The summed E-state index contributed by atoms with van der Waals surface area (Å²) in [6, 6.07) is 6.27. The number of benzene rings is 1. The Kier molecular flexibility index (Phi) is 4.67. The molecule has 2 amide bonds. The monoisotopic (exact) mass is 292 g/mol. The van der Waals surface area contributed by atoms with Crippen LogP contribution in [0.15, 0.2) is 24.3 Å². The fraction of sp³-hybridized carbons (Fsp3) is 0.467. The van der Waals surface area contributed by atoms with Crippen LogP contribution in [0.4, 0.5) is 0 Å². The van der Waals surface area contributed by atoms with Crippen molar-refractivity contribution in [2.24, 2.45) is 0 Å². The zero-order valence-corrected chi connectivity index (χ0v) is 12.5. The maximum absolute atomic E-state index is 12.0. The van der Waals surface area contributed by atoms with Gasteiger partial charge in [0.25, 0.3) is 0 Å². The number of nitrogens with one attached hydrogen (secondary N) is 1. The van der Waals surface area contributed by atoms with Gasteiger partial charge in [0.2, 0.25) is 11.8 Å². The zero-order valence-electron chi connectivity index (χ0n) is 12.5. The summed E-state index contributed by atoms with van der Waals surface area (Å²) >= 11 is 0. The van der Waals surface area contributed by atoms with Gasteiger partial charge in [0, 0.05) is 0 Å². The third-order valence-corrected chi connectivity index (χ3v) is 3.52. The minimum atomic E-state index is -0.477. The van der Waals surface area contributed by atoms with E-state index in [2.05, 4.69) is 5.32 Å². The van der Waals surface area contributed by atoms with Crippen molar-refractivity contribution in [3.63, 3.8) is 0 Å². The Labute approximate surface area is 124 Å². The molecule has 0 aromatic heterocycles. The van der Waals surface area contributed by atoms with Gasteiger partial charge in [-0.2, -0.15) is 0 Å². The normalized spacial score (nSPS) is 22.0. The second kappa shape index (κ2) is 6.47. The summed E-state index contributed by atoms with van der Waals surface area (Å²) in [6.07, 6.45) is 0. The summed E-state index contributed by atoms with van der Waals surface area (Å²) in [6.45, 7) is 4.11. The SMILES string of the molecule is COc1ccc(OCCN2C(=O)C(C)NC(=O)C2C)cc1. The van der Waals surface area contributed by atoms with Gasteiger partial charge in [-0.05, 0) is 38.1 Å². The lowest BCUT2D eigenvalue weighted by atomic mass is 10.1. The second-order valence-electron chi connectivity index (χ2n) is 4.96. The fourth-order valence-corrected chi connectivity index (χ4v) is 2.21. The number of amides is 2. The molecule has 2 rings (SSSR count). The van der Waals surface area contributed by atoms with Crippen LogP contribution >= 0.6 is 0 Å². The molecule has 0 bridgehead atoms. The van der Waals surface area contributed by atoms with Crippen molar-refractivity contribution in [3.05, 3.63) is 24.3 Å². The highest BCUT2D eigenvalue weighted by Crippen LogP contribution is 2.17. The molecule has 1 aromatic carbocycles. The lowest BCUT2D eigenvalue weighted by molar-refractivity contribution is -0.148. The van der Waals surface area contributed by atoms with Crippen molar-refractivity contribution in [2.45, 2.75) is 25.9 Å². The van der Waals surface area contributed by atoms with E-state index in [4.69, 9.17) is 9.47 Å². The Morgan fingerprint density at radius 1 is 1.14 bits per heavy atom. The van der Waals surface area contributed by atoms with Crippen LogP contribution in [-0.4, -0.2) is 49.1 Å². The van der Waals surface area contributed by atoms with Gasteiger partial charge in [0.15, 0.2) is 0 Å². The van der Waals surface area contributed by atoms with E-state index in [1.807, 2.05) is 0 Å². The van der Waals surface area contributed by atoms with Crippen molar-refractivity contribution in [1.82, 2.24) is 10.2 Å². The van der Waals surface area contributed by atoms with Gasteiger partial charge in [-0.25, -0.2) is 0 Å². The molecule has 6 nitrogen and oxygen atoms in total. The number of hydrogen-bond acceptors (Lipinski definition) is 4. The molecule has 0 radical (unpaired) electrons. The summed E-state index contributed by atoms with van der Waals surface area (Å²) in [5.74, 6) is 1.24. The van der Waals surface area contributed by atoms with Crippen molar-refractivity contribution >= 4 is 11.8 Å². The van der Waals surface area contributed by atoms with E-state index in [-0.39, 0.29) is 11.8 Å². The first-order chi connectivity index (χ1) is 10.0. The molecule has 1 saturated heterocycles. The predicted octanol–water partition coefficient (Wildman–Crippen LogP) is 0.809. The first kappa shape index (κ1) is 15.2. The molecule has 2 atom stereocenters. The van der Waals surface area contributed by atoms with Gasteiger partial charge in [0.1, 0.15) is 30.2 Å². The first-order valence-electron chi connectivity index (χ1n) is 6.90. The minimum absolute atomic E-state index is 0.0829. The number of nitrogens with zero attached hydrogens (tertiary/aromatic N) is 1. The van der Waals surface area contributed by atoms with Crippen LogP contribution < -0.4 is 14.8 Å². The molecule has 1 N–H and O–H groups in total. The lowest BCUT2D eigenvalue weighted by Crippen LogP contribution is -2.62. The predicted molar refractivity (Wildman–Crippen MR) is 77.3 cm³/mol. The van der Waals surface area contributed by atoms with E-state index >= 15 is 0 Å². The average molecular weight is 292 g/mol. The highest BCUT2D eigenvalue weighted by atomic mass is 16.5. The van der Waals surface area contributed by atoms with Gasteiger partial charge in [-0.1, -0.05) is 0 Å². The Hall–Kier alpha value is -2.24. The number of methoxy groups -OCH3 is 1. The topological polar surface area (TPSA) is 67.9 Å². The van der Waals surface area contributed by atoms with Crippen molar-refractivity contribution < 1.29 is 19.1 Å².